The molecule has 0 bridgehead atoms. The lowest BCUT2D eigenvalue weighted by atomic mass is 10.1. The third-order valence-corrected chi connectivity index (χ3v) is 4.54. The number of methoxy groups -OCH3 is 1. The second-order valence-corrected chi connectivity index (χ2v) is 5.68. The van der Waals surface area contributed by atoms with Crippen LogP contribution in [-0.4, -0.2) is 12.1 Å². The van der Waals surface area contributed by atoms with Crippen LogP contribution in [0.4, 0.5) is 4.39 Å². The first-order valence-electron chi connectivity index (χ1n) is 5.83. The molecular formula is C14H12Br2FNO2. The molecule has 0 spiro atoms. The van der Waals surface area contributed by atoms with Crippen LogP contribution in [0.5, 0.6) is 11.5 Å². The van der Waals surface area contributed by atoms with Crippen molar-refractivity contribution in [2.75, 3.05) is 7.11 Å². The lowest BCUT2D eigenvalue weighted by Gasteiger charge is -2.16. The predicted molar refractivity (Wildman–Crippen MR) is 81.5 cm³/mol. The number of pyridine rings is 1. The van der Waals surface area contributed by atoms with Crippen LogP contribution in [0.3, 0.4) is 0 Å². The molecule has 6 heteroatoms. The van der Waals surface area contributed by atoms with Crippen molar-refractivity contribution in [3.8, 4) is 11.5 Å². The summed E-state index contributed by atoms with van der Waals surface area (Å²) in [6.07, 6.45) is 1.15. The summed E-state index contributed by atoms with van der Waals surface area (Å²) in [6, 6.07) is 6.43. The van der Waals surface area contributed by atoms with Gasteiger partial charge in [0.1, 0.15) is 21.9 Å². The van der Waals surface area contributed by atoms with Crippen molar-refractivity contribution in [1.82, 2.24) is 4.98 Å². The third-order valence-electron chi connectivity index (χ3n) is 2.77. The monoisotopic (exact) mass is 403 g/mol. The molecule has 1 unspecified atom stereocenters. The van der Waals surface area contributed by atoms with Gasteiger partial charge in [0.05, 0.1) is 22.3 Å². The number of ether oxygens (including phenoxy) is 2. The summed E-state index contributed by atoms with van der Waals surface area (Å²) in [5.41, 5.74) is 0.383. The van der Waals surface area contributed by atoms with Crippen LogP contribution in [0, 0.1) is 5.82 Å². The van der Waals surface area contributed by atoms with Crippen LogP contribution in [0.25, 0.3) is 0 Å². The molecule has 0 radical (unpaired) electrons. The molecule has 20 heavy (non-hydrogen) atoms. The lowest BCUT2D eigenvalue weighted by molar-refractivity contribution is 0.114. The van der Waals surface area contributed by atoms with E-state index in [1.165, 1.54) is 13.2 Å². The largest absolute Gasteiger partial charge is 0.455 e. The Kier molecular flexibility index (Phi) is 5.12. The van der Waals surface area contributed by atoms with E-state index >= 15 is 0 Å². The first kappa shape index (κ1) is 15.4. The number of benzene rings is 1. The number of hydrogen-bond acceptors (Lipinski definition) is 3. The van der Waals surface area contributed by atoms with E-state index in [4.69, 9.17) is 9.47 Å². The maximum absolute atomic E-state index is 13.9. The van der Waals surface area contributed by atoms with E-state index in [-0.39, 0.29) is 5.82 Å². The number of aromatic nitrogens is 1. The van der Waals surface area contributed by atoms with Gasteiger partial charge in [-0.05, 0) is 57.0 Å². The molecule has 2 aromatic rings. The smallest absolute Gasteiger partial charge is 0.146 e. The number of hydrogen-bond donors (Lipinski definition) is 0. The van der Waals surface area contributed by atoms with Crippen LogP contribution in [0.15, 0.2) is 39.5 Å². The highest BCUT2D eigenvalue weighted by Crippen LogP contribution is 2.34. The molecule has 0 saturated heterocycles. The molecule has 2 rings (SSSR count). The average molecular weight is 405 g/mol. The van der Waals surface area contributed by atoms with Gasteiger partial charge in [0.15, 0.2) is 0 Å². The molecule has 0 N–H and O–H groups in total. The van der Waals surface area contributed by atoms with Crippen LogP contribution in [0.1, 0.15) is 18.6 Å². The van der Waals surface area contributed by atoms with Crippen molar-refractivity contribution >= 4 is 31.9 Å². The van der Waals surface area contributed by atoms with Crippen molar-refractivity contribution in [3.63, 3.8) is 0 Å². The van der Waals surface area contributed by atoms with Crippen LogP contribution < -0.4 is 4.74 Å². The van der Waals surface area contributed by atoms with E-state index in [2.05, 4.69) is 36.8 Å². The van der Waals surface area contributed by atoms with E-state index in [0.29, 0.717) is 21.7 Å². The quantitative estimate of drug-likeness (QED) is 0.652. The normalized spacial score (nSPS) is 12.2. The number of rotatable bonds is 4. The lowest BCUT2D eigenvalue weighted by Crippen LogP contribution is -2.02. The molecule has 0 aliphatic heterocycles. The van der Waals surface area contributed by atoms with Gasteiger partial charge in [-0.3, -0.25) is 0 Å². The molecule has 3 nitrogen and oxygen atoms in total. The van der Waals surface area contributed by atoms with Gasteiger partial charge in [0.25, 0.3) is 0 Å². The van der Waals surface area contributed by atoms with Gasteiger partial charge >= 0.3 is 0 Å². The van der Waals surface area contributed by atoms with Crippen molar-refractivity contribution in [3.05, 3.63) is 50.9 Å². The van der Waals surface area contributed by atoms with Gasteiger partial charge in [-0.25, -0.2) is 9.37 Å². The summed E-state index contributed by atoms with van der Waals surface area (Å²) in [5.74, 6) is 0.562. The predicted octanol–water partition coefficient (Wildman–Crippen LogP) is 5.25. The minimum Gasteiger partial charge on any atom is -0.455 e. The first-order valence-corrected chi connectivity index (χ1v) is 7.41. The molecule has 1 atom stereocenters. The molecular weight excluding hydrogens is 393 g/mol. The third kappa shape index (κ3) is 3.37. The zero-order valence-electron chi connectivity index (χ0n) is 10.9. The van der Waals surface area contributed by atoms with Gasteiger partial charge in [-0.1, -0.05) is 6.07 Å². The molecule has 0 fully saturated rings. The van der Waals surface area contributed by atoms with E-state index in [1.807, 2.05) is 0 Å². The Labute approximate surface area is 133 Å². The molecule has 0 saturated carbocycles. The Balaban J connectivity index is 2.38. The Bertz CT molecular complexity index is 622. The second kappa shape index (κ2) is 6.65. The summed E-state index contributed by atoms with van der Waals surface area (Å²) in [5, 5.41) is 0. The van der Waals surface area contributed by atoms with Crippen LogP contribution in [0.2, 0.25) is 0 Å². The fourth-order valence-electron chi connectivity index (χ4n) is 1.71. The summed E-state index contributed by atoms with van der Waals surface area (Å²) in [6.45, 7) is 1.76. The molecule has 0 aliphatic carbocycles. The minimum absolute atomic E-state index is 0.360. The molecule has 1 heterocycles. The fraction of sp³-hybridized carbons (Fsp3) is 0.214. The van der Waals surface area contributed by atoms with Crippen molar-refractivity contribution < 1.29 is 13.9 Å². The zero-order chi connectivity index (χ0) is 14.7. The van der Waals surface area contributed by atoms with E-state index in [0.717, 1.165) is 4.47 Å². The van der Waals surface area contributed by atoms with Gasteiger partial charge < -0.3 is 9.47 Å². The average Bonchev–Trinajstić information content (AvgIpc) is 2.42. The number of nitrogens with zero attached hydrogens (tertiary/aromatic N) is 1. The van der Waals surface area contributed by atoms with Crippen LogP contribution in [-0.2, 0) is 4.74 Å². The maximum Gasteiger partial charge on any atom is 0.146 e. The van der Waals surface area contributed by atoms with Crippen molar-refractivity contribution in [2.24, 2.45) is 0 Å². The Morgan fingerprint density at radius 3 is 2.70 bits per heavy atom. The van der Waals surface area contributed by atoms with E-state index in [1.54, 1.807) is 31.3 Å². The molecule has 1 aromatic carbocycles. The highest BCUT2D eigenvalue weighted by molar-refractivity contribution is 9.13. The molecule has 0 aliphatic rings. The fourth-order valence-corrected chi connectivity index (χ4v) is 2.25. The topological polar surface area (TPSA) is 31.4 Å². The second-order valence-electron chi connectivity index (χ2n) is 4.08. The van der Waals surface area contributed by atoms with E-state index in [9.17, 15) is 4.39 Å². The molecule has 106 valence electrons. The summed E-state index contributed by atoms with van der Waals surface area (Å²) < 4.78 is 26.3. The summed E-state index contributed by atoms with van der Waals surface area (Å²) in [4.78, 5) is 4.11. The first-order chi connectivity index (χ1) is 9.52. The van der Waals surface area contributed by atoms with Gasteiger partial charge in [0, 0.05) is 7.11 Å². The highest BCUT2D eigenvalue weighted by Gasteiger charge is 2.17. The Hall–Kier alpha value is -0.980. The molecule has 1 aromatic heterocycles. The highest BCUT2D eigenvalue weighted by atomic mass is 79.9. The van der Waals surface area contributed by atoms with Crippen LogP contribution >= 0.6 is 31.9 Å². The molecule has 0 amide bonds. The van der Waals surface area contributed by atoms with Crippen molar-refractivity contribution in [1.29, 1.82) is 0 Å². The summed E-state index contributed by atoms with van der Waals surface area (Å²) >= 11 is 6.63. The van der Waals surface area contributed by atoms with Gasteiger partial charge in [-0.2, -0.15) is 0 Å². The standard InChI is InChI=1S/C14H12Br2FNO2/c1-8(19-2)13-11(17)4-3-5-12(13)20-9-6-10(15)14(16)18-7-9/h3-8H,1-2H3. The maximum atomic E-state index is 13.9. The summed E-state index contributed by atoms with van der Waals surface area (Å²) in [7, 11) is 1.53. The minimum atomic E-state index is -0.405. The number of halogens is 3. The van der Waals surface area contributed by atoms with Crippen molar-refractivity contribution in [2.45, 2.75) is 13.0 Å². The zero-order valence-corrected chi connectivity index (χ0v) is 14.0. The van der Waals surface area contributed by atoms with Gasteiger partial charge in [-0.15, -0.1) is 0 Å². The Morgan fingerprint density at radius 2 is 2.05 bits per heavy atom. The van der Waals surface area contributed by atoms with Gasteiger partial charge in [0.2, 0.25) is 0 Å². The van der Waals surface area contributed by atoms with E-state index < -0.39 is 6.10 Å². The Morgan fingerprint density at radius 1 is 1.30 bits per heavy atom. The SMILES string of the molecule is COC(C)c1c(F)cccc1Oc1cnc(Br)c(Br)c1.